The van der Waals surface area contributed by atoms with Crippen molar-refractivity contribution in [1.29, 1.82) is 0 Å². The molecule has 104 valence electrons. The van der Waals surface area contributed by atoms with Crippen molar-refractivity contribution < 1.29 is 8.42 Å². The van der Waals surface area contributed by atoms with Crippen molar-refractivity contribution in [2.24, 2.45) is 0 Å². The largest absolute Gasteiger partial charge is 0.399 e. The summed E-state index contributed by atoms with van der Waals surface area (Å²) in [6.45, 7) is 2.87. The van der Waals surface area contributed by atoms with E-state index < -0.39 is 10.0 Å². The van der Waals surface area contributed by atoms with E-state index in [0.29, 0.717) is 29.7 Å². The van der Waals surface area contributed by atoms with Gasteiger partial charge in [-0.3, -0.25) is 4.90 Å². The van der Waals surface area contributed by atoms with Gasteiger partial charge in [0.05, 0.1) is 4.90 Å². The predicted octanol–water partition coefficient (Wildman–Crippen LogP) is 0.737. The van der Waals surface area contributed by atoms with Gasteiger partial charge < -0.3 is 5.73 Å². The third kappa shape index (κ3) is 2.61. The summed E-state index contributed by atoms with van der Waals surface area (Å²) in [5.41, 5.74) is 6.17. The van der Waals surface area contributed by atoms with Crippen LogP contribution in [0, 0.1) is 0 Å². The summed E-state index contributed by atoms with van der Waals surface area (Å²) in [4.78, 5) is 2.73. The van der Waals surface area contributed by atoms with Gasteiger partial charge in [0.2, 0.25) is 10.0 Å². The summed E-state index contributed by atoms with van der Waals surface area (Å²) in [7, 11) is -3.36. The molecule has 3 rings (SSSR count). The minimum atomic E-state index is -3.36. The molecular formula is C13H19N3O2S. The van der Waals surface area contributed by atoms with Gasteiger partial charge in [0.25, 0.3) is 0 Å². The second kappa shape index (κ2) is 4.77. The van der Waals surface area contributed by atoms with Crippen LogP contribution in [-0.4, -0.2) is 49.8 Å². The maximum absolute atomic E-state index is 12.5. The van der Waals surface area contributed by atoms with Crippen molar-refractivity contribution in [3.63, 3.8) is 0 Å². The van der Waals surface area contributed by atoms with Crippen LogP contribution in [0.1, 0.15) is 12.8 Å². The van der Waals surface area contributed by atoms with Crippen LogP contribution in [0.2, 0.25) is 0 Å². The number of anilines is 1. The van der Waals surface area contributed by atoms with E-state index in [9.17, 15) is 8.42 Å². The number of nitrogen functional groups attached to an aromatic ring is 1. The van der Waals surface area contributed by atoms with Gasteiger partial charge in [-0.15, -0.1) is 0 Å². The first-order chi connectivity index (χ1) is 9.07. The van der Waals surface area contributed by atoms with Crippen LogP contribution in [0.3, 0.4) is 0 Å². The SMILES string of the molecule is Nc1ccc(S(=O)(=O)N2CCN(C3CC3)CC2)cc1. The van der Waals surface area contributed by atoms with Crippen LogP contribution in [-0.2, 0) is 10.0 Å². The summed E-state index contributed by atoms with van der Waals surface area (Å²) >= 11 is 0. The van der Waals surface area contributed by atoms with Crippen molar-refractivity contribution in [3.05, 3.63) is 24.3 Å². The molecule has 1 aliphatic carbocycles. The van der Waals surface area contributed by atoms with E-state index in [4.69, 9.17) is 5.73 Å². The third-order valence-electron chi connectivity index (χ3n) is 3.85. The Labute approximate surface area is 114 Å². The van der Waals surface area contributed by atoms with Crippen LogP contribution in [0.15, 0.2) is 29.2 Å². The molecule has 2 N–H and O–H groups in total. The number of nitrogens with zero attached hydrogens (tertiary/aromatic N) is 2. The first-order valence-corrected chi connectivity index (χ1v) is 8.11. The molecule has 1 aromatic rings. The molecule has 2 aliphatic rings. The van der Waals surface area contributed by atoms with Crippen molar-refractivity contribution in [2.75, 3.05) is 31.9 Å². The average molecular weight is 281 g/mol. The standard InChI is InChI=1S/C13H19N3O2S/c14-11-1-5-13(6-2-11)19(17,18)16-9-7-15(8-10-16)12-3-4-12/h1-2,5-6,12H,3-4,7-10,14H2. The first kappa shape index (κ1) is 12.9. The fourth-order valence-electron chi connectivity index (χ4n) is 2.54. The Balaban J connectivity index is 1.72. The van der Waals surface area contributed by atoms with Crippen molar-refractivity contribution in [1.82, 2.24) is 9.21 Å². The molecule has 0 spiro atoms. The highest BCUT2D eigenvalue weighted by molar-refractivity contribution is 7.89. The number of hydrogen-bond donors (Lipinski definition) is 1. The molecule has 6 heteroatoms. The summed E-state index contributed by atoms with van der Waals surface area (Å²) in [6.07, 6.45) is 2.54. The van der Waals surface area contributed by atoms with Crippen LogP contribution >= 0.6 is 0 Å². The first-order valence-electron chi connectivity index (χ1n) is 6.67. The van der Waals surface area contributed by atoms with Crippen LogP contribution in [0.25, 0.3) is 0 Å². The minimum Gasteiger partial charge on any atom is -0.399 e. The molecule has 0 amide bonds. The third-order valence-corrected chi connectivity index (χ3v) is 5.77. The summed E-state index contributed by atoms with van der Waals surface area (Å²) in [6, 6.07) is 7.14. The highest BCUT2D eigenvalue weighted by Gasteiger charge is 2.34. The molecule has 19 heavy (non-hydrogen) atoms. The minimum absolute atomic E-state index is 0.335. The number of hydrogen-bond acceptors (Lipinski definition) is 4. The molecule has 0 radical (unpaired) electrons. The zero-order valence-corrected chi connectivity index (χ0v) is 11.6. The van der Waals surface area contributed by atoms with E-state index in [-0.39, 0.29) is 0 Å². The number of piperazine rings is 1. The quantitative estimate of drug-likeness (QED) is 0.830. The van der Waals surface area contributed by atoms with Crippen molar-refractivity contribution in [3.8, 4) is 0 Å². The topological polar surface area (TPSA) is 66.6 Å². The van der Waals surface area contributed by atoms with Gasteiger partial charge in [-0.2, -0.15) is 4.31 Å². The second-order valence-electron chi connectivity index (χ2n) is 5.24. The van der Waals surface area contributed by atoms with Gasteiger partial charge >= 0.3 is 0 Å². The molecule has 2 fully saturated rings. The predicted molar refractivity (Wildman–Crippen MR) is 74.2 cm³/mol. The van der Waals surface area contributed by atoms with Gasteiger partial charge in [0.15, 0.2) is 0 Å². The molecule has 0 atom stereocenters. The van der Waals surface area contributed by atoms with Gasteiger partial charge in [0, 0.05) is 37.9 Å². The molecule has 1 saturated heterocycles. The van der Waals surface area contributed by atoms with Gasteiger partial charge in [0.1, 0.15) is 0 Å². The van der Waals surface area contributed by atoms with Crippen molar-refractivity contribution in [2.45, 2.75) is 23.8 Å². The Hall–Kier alpha value is -1.11. The number of nitrogens with two attached hydrogens (primary N) is 1. The second-order valence-corrected chi connectivity index (χ2v) is 7.18. The van der Waals surface area contributed by atoms with Crippen LogP contribution in [0.5, 0.6) is 0 Å². The highest BCUT2D eigenvalue weighted by atomic mass is 32.2. The number of sulfonamides is 1. The molecular weight excluding hydrogens is 262 g/mol. The Morgan fingerprint density at radius 3 is 2.11 bits per heavy atom. The van der Waals surface area contributed by atoms with Gasteiger partial charge in [-0.1, -0.05) is 0 Å². The zero-order chi connectivity index (χ0) is 13.5. The normalized spacial score (nSPS) is 22.5. The van der Waals surface area contributed by atoms with Gasteiger partial charge in [-0.05, 0) is 37.1 Å². The van der Waals surface area contributed by atoms with E-state index in [0.717, 1.165) is 13.1 Å². The van der Waals surface area contributed by atoms with E-state index in [1.54, 1.807) is 28.6 Å². The maximum atomic E-state index is 12.5. The number of rotatable bonds is 3. The molecule has 1 aliphatic heterocycles. The van der Waals surface area contributed by atoms with E-state index in [1.807, 2.05) is 0 Å². The molecule has 1 heterocycles. The Morgan fingerprint density at radius 2 is 1.58 bits per heavy atom. The lowest BCUT2D eigenvalue weighted by Gasteiger charge is -2.34. The van der Waals surface area contributed by atoms with E-state index >= 15 is 0 Å². The van der Waals surface area contributed by atoms with E-state index in [1.165, 1.54) is 12.8 Å². The Kier molecular flexibility index (Phi) is 3.24. The summed E-state index contributed by atoms with van der Waals surface area (Å²) in [5.74, 6) is 0. The lowest BCUT2D eigenvalue weighted by Crippen LogP contribution is -2.49. The Morgan fingerprint density at radius 1 is 1.00 bits per heavy atom. The molecule has 0 aromatic heterocycles. The average Bonchev–Trinajstić information content (AvgIpc) is 3.24. The fraction of sp³-hybridized carbons (Fsp3) is 0.538. The molecule has 0 unspecified atom stereocenters. The van der Waals surface area contributed by atoms with E-state index in [2.05, 4.69) is 4.90 Å². The number of benzene rings is 1. The fourth-order valence-corrected chi connectivity index (χ4v) is 3.96. The van der Waals surface area contributed by atoms with Crippen LogP contribution in [0.4, 0.5) is 5.69 Å². The zero-order valence-electron chi connectivity index (χ0n) is 10.8. The Bertz CT molecular complexity index is 544. The molecule has 0 bridgehead atoms. The summed E-state index contributed by atoms with van der Waals surface area (Å²) in [5, 5.41) is 0. The monoisotopic (exact) mass is 281 g/mol. The molecule has 1 aromatic carbocycles. The summed E-state index contributed by atoms with van der Waals surface area (Å²) < 4.78 is 26.5. The lowest BCUT2D eigenvalue weighted by atomic mass is 10.3. The van der Waals surface area contributed by atoms with Gasteiger partial charge in [-0.25, -0.2) is 8.42 Å². The molecule has 5 nitrogen and oxygen atoms in total. The van der Waals surface area contributed by atoms with Crippen LogP contribution < -0.4 is 5.73 Å². The van der Waals surface area contributed by atoms with Crippen molar-refractivity contribution >= 4 is 15.7 Å². The lowest BCUT2D eigenvalue weighted by molar-refractivity contribution is 0.180. The molecule has 1 saturated carbocycles. The smallest absolute Gasteiger partial charge is 0.243 e. The maximum Gasteiger partial charge on any atom is 0.243 e. The highest BCUT2D eigenvalue weighted by Crippen LogP contribution is 2.28.